The number of rotatable bonds is 4. The summed E-state index contributed by atoms with van der Waals surface area (Å²) >= 11 is 1.27. The summed E-state index contributed by atoms with van der Waals surface area (Å²) in [7, 11) is 0. The number of fused-ring (bicyclic) bond motifs is 3. The Kier molecular flexibility index (Phi) is 4.64. The van der Waals surface area contributed by atoms with E-state index in [0.29, 0.717) is 33.7 Å². The van der Waals surface area contributed by atoms with E-state index in [-0.39, 0.29) is 12.1 Å². The van der Waals surface area contributed by atoms with Gasteiger partial charge in [0.2, 0.25) is 5.91 Å². The number of hydrogen-bond acceptors (Lipinski definition) is 5. The average Bonchev–Trinajstić information content (AvgIpc) is 3.06. The minimum atomic E-state index is -0.416. The Hall–Kier alpha value is -3.13. The maximum atomic E-state index is 13.7. The molecule has 4 aromatic rings. The first-order valence-corrected chi connectivity index (χ1v) is 9.62. The first kappa shape index (κ1) is 18.2. The summed E-state index contributed by atoms with van der Waals surface area (Å²) in [6, 6.07) is 8.17. The molecule has 4 rings (SSSR count). The molecule has 0 aliphatic carbocycles. The average molecular weight is 396 g/mol. The molecule has 3 aromatic heterocycles. The van der Waals surface area contributed by atoms with Crippen LogP contribution in [0.25, 0.3) is 20.4 Å². The Morgan fingerprint density at radius 1 is 1.32 bits per heavy atom. The summed E-state index contributed by atoms with van der Waals surface area (Å²) in [5, 5.41) is 3.47. The van der Waals surface area contributed by atoms with Crippen LogP contribution >= 0.6 is 11.3 Å². The largest absolute Gasteiger partial charge is 0.324 e. The molecule has 3 heterocycles. The van der Waals surface area contributed by atoms with Gasteiger partial charge in [0.15, 0.2) is 0 Å². The molecule has 0 aliphatic heterocycles. The van der Waals surface area contributed by atoms with Crippen LogP contribution in [0.15, 0.2) is 41.3 Å². The number of nitrogens with zero attached hydrogens (tertiary/aromatic N) is 3. The molecule has 0 radical (unpaired) electrons. The molecule has 0 saturated carbocycles. The molecule has 142 valence electrons. The fraction of sp³-hybridized carbons (Fsp3) is 0.200. The van der Waals surface area contributed by atoms with E-state index in [1.807, 2.05) is 19.1 Å². The van der Waals surface area contributed by atoms with Crippen LogP contribution in [0.1, 0.15) is 18.3 Å². The lowest BCUT2D eigenvalue weighted by atomic mass is 10.2. The van der Waals surface area contributed by atoms with Gasteiger partial charge in [0, 0.05) is 23.7 Å². The van der Waals surface area contributed by atoms with Crippen LogP contribution < -0.4 is 10.9 Å². The van der Waals surface area contributed by atoms with Crippen molar-refractivity contribution >= 4 is 43.4 Å². The van der Waals surface area contributed by atoms with Gasteiger partial charge in [0.25, 0.3) is 5.56 Å². The third kappa shape index (κ3) is 3.16. The molecule has 28 heavy (non-hydrogen) atoms. The molecule has 1 N–H and O–H groups in total. The predicted molar refractivity (Wildman–Crippen MR) is 108 cm³/mol. The molecule has 1 aromatic carbocycles. The smallest absolute Gasteiger partial charge is 0.272 e. The predicted octanol–water partition coefficient (Wildman–Crippen LogP) is 3.65. The van der Waals surface area contributed by atoms with Crippen molar-refractivity contribution in [3.8, 4) is 0 Å². The molecule has 1 amide bonds. The van der Waals surface area contributed by atoms with Crippen LogP contribution in [0.5, 0.6) is 0 Å². The SMILES string of the molecule is CCc1nc2c(sc3ncccc32)c(=O)n1CC(=O)Nc1ccc(C)c(F)c1. The Morgan fingerprint density at radius 2 is 2.14 bits per heavy atom. The van der Waals surface area contributed by atoms with Crippen molar-refractivity contribution < 1.29 is 9.18 Å². The first-order valence-electron chi connectivity index (χ1n) is 8.81. The van der Waals surface area contributed by atoms with Crippen molar-refractivity contribution in [2.24, 2.45) is 0 Å². The van der Waals surface area contributed by atoms with E-state index >= 15 is 0 Å². The lowest BCUT2D eigenvalue weighted by molar-refractivity contribution is -0.116. The molecule has 0 unspecified atom stereocenters. The maximum absolute atomic E-state index is 13.7. The number of nitrogens with one attached hydrogen (secondary N) is 1. The van der Waals surface area contributed by atoms with Gasteiger partial charge in [0.05, 0.1) is 5.52 Å². The standard InChI is InChI=1S/C20H17FN4O2S/c1-3-15-24-17-13-5-4-8-22-19(13)28-18(17)20(27)25(15)10-16(26)23-12-7-6-11(2)14(21)9-12/h4-9H,3,10H2,1-2H3,(H,23,26). The van der Waals surface area contributed by atoms with Gasteiger partial charge in [-0.25, -0.2) is 14.4 Å². The minimum Gasteiger partial charge on any atom is -0.324 e. The van der Waals surface area contributed by atoms with E-state index in [0.717, 1.165) is 10.2 Å². The topological polar surface area (TPSA) is 76.9 Å². The molecular formula is C20H17FN4O2S. The highest BCUT2D eigenvalue weighted by Gasteiger charge is 2.17. The number of aryl methyl sites for hydroxylation is 2. The molecule has 0 spiro atoms. The monoisotopic (exact) mass is 396 g/mol. The van der Waals surface area contributed by atoms with Crippen LogP contribution in [-0.2, 0) is 17.8 Å². The molecule has 0 atom stereocenters. The molecule has 0 saturated heterocycles. The van der Waals surface area contributed by atoms with Gasteiger partial charge < -0.3 is 5.32 Å². The van der Waals surface area contributed by atoms with E-state index in [9.17, 15) is 14.0 Å². The van der Waals surface area contributed by atoms with E-state index in [2.05, 4.69) is 15.3 Å². The van der Waals surface area contributed by atoms with Gasteiger partial charge in [0.1, 0.15) is 27.7 Å². The summed E-state index contributed by atoms with van der Waals surface area (Å²) in [5.74, 6) is -0.295. The van der Waals surface area contributed by atoms with Gasteiger partial charge in [-0.15, -0.1) is 11.3 Å². The second-order valence-electron chi connectivity index (χ2n) is 6.42. The molecule has 0 aliphatic rings. The zero-order chi connectivity index (χ0) is 19.8. The van der Waals surface area contributed by atoms with Crippen molar-refractivity contribution in [1.29, 1.82) is 0 Å². The summed E-state index contributed by atoms with van der Waals surface area (Å²) in [4.78, 5) is 35.2. The Bertz CT molecular complexity index is 1280. The number of halogens is 1. The first-order chi connectivity index (χ1) is 13.5. The van der Waals surface area contributed by atoms with E-state index < -0.39 is 11.7 Å². The summed E-state index contributed by atoms with van der Waals surface area (Å²) < 4.78 is 15.5. The highest BCUT2D eigenvalue weighted by atomic mass is 32.1. The quantitative estimate of drug-likeness (QED) is 0.571. The minimum absolute atomic E-state index is 0.192. The van der Waals surface area contributed by atoms with Gasteiger partial charge in [-0.1, -0.05) is 13.0 Å². The number of amides is 1. The summed E-state index contributed by atoms with van der Waals surface area (Å²) in [6.07, 6.45) is 2.17. The highest BCUT2D eigenvalue weighted by Crippen LogP contribution is 2.28. The number of carbonyl (C=O) groups is 1. The van der Waals surface area contributed by atoms with Crippen molar-refractivity contribution in [2.75, 3.05) is 5.32 Å². The van der Waals surface area contributed by atoms with Crippen molar-refractivity contribution in [1.82, 2.24) is 14.5 Å². The molecule has 0 fully saturated rings. The molecule has 0 bridgehead atoms. The zero-order valence-corrected chi connectivity index (χ0v) is 16.1. The van der Waals surface area contributed by atoms with Crippen LogP contribution in [0, 0.1) is 12.7 Å². The number of carbonyl (C=O) groups excluding carboxylic acids is 1. The van der Waals surface area contributed by atoms with E-state index in [1.165, 1.54) is 22.0 Å². The second kappa shape index (κ2) is 7.12. The van der Waals surface area contributed by atoms with Gasteiger partial charge in [-0.05, 0) is 36.8 Å². The van der Waals surface area contributed by atoms with E-state index in [1.54, 1.807) is 25.3 Å². The lowest BCUT2D eigenvalue weighted by Crippen LogP contribution is -2.30. The van der Waals surface area contributed by atoms with Gasteiger partial charge in [-0.3, -0.25) is 14.2 Å². The highest BCUT2D eigenvalue weighted by molar-refractivity contribution is 7.25. The number of thiophene rings is 1. The van der Waals surface area contributed by atoms with Crippen molar-refractivity contribution in [2.45, 2.75) is 26.8 Å². The van der Waals surface area contributed by atoms with Crippen molar-refractivity contribution in [3.63, 3.8) is 0 Å². The summed E-state index contributed by atoms with van der Waals surface area (Å²) in [6.45, 7) is 3.33. The van der Waals surface area contributed by atoms with Gasteiger partial charge >= 0.3 is 0 Å². The van der Waals surface area contributed by atoms with Crippen LogP contribution in [0.3, 0.4) is 0 Å². The maximum Gasteiger partial charge on any atom is 0.272 e. The third-order valence-electron chi connectivity index (χ3n) is 4.51. The van der Waals surface area contributed by atoms with Crippen molar-refractivity contribution in [3.05, 3.63) is 64.1 Å². The second-order valence-corrected chi connectivity index (χ2v) is 7.42. The Morgan fingerprint density at radius 3 is 2.89 bits per heavy atom. The Balaban J connectivity index is 1.72. The molecule has 6 nitrogen and oxygen atoms in total. The fourth-order valence-electron chi connectivity index (χ4n) is 3.05. The number of anilines is 1. The van der Waals surface area contributed by atoms with E-state index in [4.69, 9.17) is 0 Å². The van der Waals surface area contributed by atoms with Crippen LogP contribution in [0.4, 0.5) is 10.1 Å². The van der Waals surface area contributed by atoms with Crippen LogP contribution in [0.2, 0.25) is 0 Å². The zero-order valence-electron chi connectivity index (χ0n) is 15.3. The summed E-state index contributed by atoms with van der Waals surface area (Å²) in [5.41, 5.74) is 1.19. The number of pyridine rings is 1. The van der Waals surface area contributed by atoms with Crippen LogP contribution in [-0.4, -0.2) is 20.4 Å². The number of aromatic nitrogens is 3. The number of hydrogen-bond donors (Lipinski definition) is 1. The number of benzene rings is 1. The molecular weight excluding hydrogens is 379 g/mol. The third-order valence-corrected chi connectivity index (χ3v) is 5.60. The lowest BCUT2D eigenvalue weighted by Gasteiger charge is -2.12. The fourth-order valence-corrected chi connectivity index (χ4v) is 4.08. The van der Waals surface area contributed by atoms with Gasteiger partial charge in [-0.2, -0.15) is 0 Å². The molecule has 8 heteroatoms. The Labute approximate surface area is 163 Å². The normalized spacial score (nSPS) is 11.2.